The van der Waals surface area contributed by atoms with Crippen molar-refractivity contribution in [3.8, 4) is 0 Å². The zero-order valence-corrected chi connectivity index (χ0v) is 13.6. The topological polar surface area (TPSA) is 131 Å². The first-order chi connectivity index (χ1) is 11.9. The van der Waals surface area contributed by atoms with Crippen LogP contribution >= 0.6 is 0 Å². The summed E-state index contributed by atoms with van der Waals surface area (Å²) in [5.41, 5.74) is 2.45. The van der Waals surface area contributed by atoms with Crippen molar-refractivity contribution < 1.29 is 18.1 Å². The van der Waals surface area contributed by atoms with Crippen molar-refractivity contribution in [2.75, 3.05) is 6.54 Å². The molecule has 1 amide bonds. The van der Waals surface area contributed by atoms with Gasteiger partial charge in [-0.2, -0.15) is 5.10 Å². The van der Waals surface area contributed by atoms with Crippen LogP contribution in [0.1, 0.15) is 5.56 Å². The van der Waals surface area contributed by atoms with Gasteiger partial charge in [0.25, 0.3) is 11.6 Å². The number of nitro benzene ring substituents is 1. The SMILES string of the molecule is O=C(CNS(=O)(=O)c1ccccc1)NN=Cc1cccc([N+](=O)[O-])c1. The summed E-state index contributed by atoms with van der Waals surface area (Å²) in [4.78, 5) is 21.8. The van der Waals surface area contributed by atoms with E-state index in [1.54, 1.807) is 24.3 Å². The molecule has 0 unspecified atom stereocenters. The minimum atomic E-state index is -3.79. The molecular weight excluding hydrogens is 348 g/mol. The summed E-state index contributed by atoms with van der Waals surface area (Å²) in [6.07, 6.45) is 1.22. The molecule has 10 heteroatoms. The first-order valence-electron chi connectivity index (χ1n) is 6.99. The van der Waals surface area contributed by atoms with E-state index in [2.05, 4.69) is 15.2 Å². The Balaban J connectivity index is 1.89. The number of hydrogen-bond acceptors (Lipinski definition) is 6. The lowest BCUT2D eigenvalue weighted by Crippen LogP contribution is -2.34. The maximum atomic E-state index is 11.9. The predicted octanol–water partition coefficient (Wildman–Crippen LogP) is 1.02. The molecule has 0 radical (unpaired) electrons. The smallest absolute Gasteiger partial charge is 0.270 e. The number of nitrogens with zero attached hydrogens (tertiary/aromatic N) is 2. The lowest BCUT2D eigenvalue weighted by atomic mass is 10.2. The fraction of sp³-hybridized carbons (Fsp3) is 0.0667. The second-order valence-corrected chi connectivity index (χ2v) is 6.55. The van der Waals surface area contributed by atoms with Crippen LogP contribution in [0.2, 0.25) is 0 Å². The molecule has 0 aliphatic carbocycles. The fourth-order valence-electron chi connectivity index (χ4n) is 1.78. The minimum absolute atomic E-state index is 0.0443. The summed E-state index contributed by atoms with van der Waals surface area (Å²) in [7, 11) is -3.79. The number of amides is 1. The van der Waals surface area contributed by atoms with Crippen LogP contribution < -0.4 is 10.1 Å². The highest BCUT2D eigenvalue weighted by Gasteiger charge is 2.14. The Morgan fingerprint density at radius 3 is 2.56 bits per heavy atom. The summed E-state index contributed by atoms with van der Waals surface area (Å²) >= 11 is 0. The van der Waals surface area contributed by atoms with Gasteiger partial charge in [0.15, 0.2) is 0 Å². The van der Waals surface area contributed by atoms with Crippen molar-refractivity contribution in [1.29, 1.82) is 0 Å². The van der Waals surface area contributed by atoms with Gasteiger partial charge in [0.05, 0.1) is 22.6 Å². The Hall–Kier alpha value is -3.11. The molecule has 0 bridgehead atoms. The maximum absolute atomic E-state index is 11.9. The van der Waals surface area contributed by atoms with Gasteiger partial charge in [0.1, 0.15) is 0 Å². The number of nitro groups is 1. The number of carbonyl (C=O) groups is 1. The highest BCUT2D eigenvalue weighted by Crippen LogP contribution is 2.11. The number of benzene rings is 2. The Labute approximate surface area is 143 Å². The lowest BCUT2D eigenvalue weighted by Gasteiger charge is -2.05. The van der Waals surface area contributed by atoms with E-state index < -0.39 is 27.4 Å². The second kappa shape index (κ2) is 8.13. The van der Waals surface area contributed by atoms with Crippen LogP contribution in [0, 0.1) is 10.1 Å². The first-order valence-corrected chi connectivity index (χ1v) is 8.48. The summed E-state index contributed by atoms with van der Waals surface area (Å²) < 4.78 is 26.0. The van der Waals surface area contributed by atoms with Gasteiger partial charge in [0.2, 0.25) is 10.0 Å². The highest BCUT2D eigenvalue weighted by molar-refractivity contribution is 7.89. The molecule has 0 saturated carbocycles. The average Bonchev–Trinajstić information content (AvgIpc) is 2.61. The Morgan fingerprint density at radius 1 is 1.16 bits per heavy atom. The fourth-order valence-corrected chi connectivity index (χ4v) is 2.78. The minimum Gasteiger partial charge on any atom is -0.272 e. The standard InChI is InChI=1S/C15H14N4O5S/c20-15(11-17-25(23,24)14-7-2-1-3-8-14)18-16-10-12-5-4-6-13(9-12)19(21)22/h1-10,17H,11H2,(H,18,20). The number of sulfonamides is 1. The summed E-state index contributed by atoms with van der Waals surface area (Å²) in [5, 5.41) is 14.3. The number of non-ortho nitro benzene ring substituents is 1. The normalized spacial score (nSPS) is 11.4. The zero-order chi connectivity index (χ0) is 18.3. The maximum Gasteiger partial charge on any atom is 0.270 e. The van der Waals surface area contributed by atoms with Gasteiger partial charge in [-0.15, -0.1) is 0 Å². The molecule has 0 aromatic heterocycles. The van der Waals surface area contributed by atoms with Gasteiger partial charge in [0, 0.05) is 17.7 Å². The molecule has 25 heavy (non-hydrogen) atoms. The van der Waals surface area contributed by atoms with Gasteiger partial charge < -0.3 is 0 Å². The van der Waals surface area contributed by atoms with Crippen LogP contribution in [0.5, 0.6) is 0 Å². The number of hydrogen-bond donors (Lipinski definition) is 2. The van der Waals surface area contributed by atoms with E-state index in [0.717, 1.165) is 0 Å². The predicted molar refractivity (Wildman–Crippen MR) is 90.5 cm³/mol. The molecule has 0 aliphatic heterocycles. The molecule has 0 saturated heterocycles. The average molecular weight is 362 g/mol. The van der Waals surface area contributed by atoms with Crippen LogP contribution in [0.3, 0.4) is 0 Å². The second-order valence-electron chi connectivity index (χ2n) is 4.78. The summed E-state index contributed by atoms with van der Waals surface area (Å²) in [6, 6.07) is 13.3. The molecule has 2 N–H and O–H groups in total. The lowest BCUT2D eigenvalue weighted by molar-refractivity contribution is -0.384. The number of carbonyl (C=O) groups excluding carboxylic acids is 1. The van der Waals surface area contributed by atoms with Crippen LogP contribution in [-0.4, -0.2) is 32.0 Å². The monoisotopic (exact) mass is 362 g/mol. The molecule has 0 aliphatic rings. The Morgan fingerprint density at radius 2 is 1.88 bits per heavy atom. The van der Waals surface area contributed by atoms with E-state index in [0.29, 0.717) is 5.56 Å². The molecule has 2 rings (SSSR count). The van der Waals surface area contributed by atoms with Gasteiger partial charge in [-0.25, -0.2) is 18.6 Å². The molecule has 130 valence electrons. The number of hydrazone groups is 1. The zero-order valence-electron chi connectivity index (χ0n) is 12.8. The van der Waals surface area contributed by atoms with Crippen molar-refractivity contribution in [3.63, 3.8) is 0 Å². The molecular formula is C15H14N4O5S. The van der Waals surface area contributed by atoms with E-state index >= 15 is 0 Å². The van der Waals surface area contributed by atoms with Gasteiger partial charge in [-0.1, -0.05) is 30.3 Å². The molecule has 9 nitrogen and oxygen atoms in total. The van der Waals surface area contributed by atoms with Crippen LogP contribution in [0.15, 0.2) is 64.6 Å². The third-order valence-electron chi connectivity index (χ3n) is 2.96. The number of rotatable bonds is 7. The van der Waals surface area contributed by atoms with E-state index in [-0.39, 0.29) is 10.6 Å². The van der Waals surface area contributed by atoms with Crippen molar-refractivity contribution >= 4 is 27.8 Å². The Bertz CT molecular complexity index is 897. The molecule has 0 spiro atoms. The molecule has 2 aromatic carbocycles. The molecule has 2 aromatic rings. The largest absolute Gasteiger partial charge is 0.272 e. The van der Waals surface area contributed by atoms with E-state index in [9.17, 15) is 23.3 Å². The van der Waals surface area contributed by atoms with Crippen molar-refractivity contribution in [2.45, 2.75) is 4.90 Å². The van der Waals surface area contributed by atoms with Crippen molar-refractivity contribution in [2.24, 2.45) is 5.10 Å². The third-order valence-corrected chi connectivity index (χ3v) is 4.38. The highest BCUT2D eigenvalue weighted by atomic mass is 32.2. The van der Waals surface area contributed by atoms with Crippen LogP contribution in [-0.2, 0) is 14.8 Å². The van der Waals surface area contributed by atoms with Crippen LogP contribution in [0.25, 0.3) is 0 Å². The first kappa shape index (κ1) is 18.2. The molecule has 0 atom stereocenters. The van der Waals surface area contributed by atoms with Crippen LogP contribution in [0.4, 0.5) is 5.69 Å². The van der Waals surface area contributed by atoms with E-state index in [1.165, 1.54) is 36.5 Å². The summed E-state index contributed by atoms with van der Waals surface area (Å²) in [6.45, 7) is -0.497. The van der Waals surface area contributed by atoms with Gasteiger partial charge >= 0.3 is 0 Å². The third kappa shape index (κ3) is 5.48. The quantitative estimate of drug-likeness (QED) is 0.431. The molecule has 0 fully saturated rings. The van der Waals surface area contributed by atoms with Gasteiger partial charge in [-0.05, 0) is 12.1 Å². The van der Waals surface area contributed by atoms with Crippen molar-refractivity contribution in [3.05, 3.63) is 70.3 Å². The Kier molecular flexibility index (Phi) is 5.93. The molecule has 0 heterocycles. The summed E-state index contributed by atoms with van der Waals surface area (Å²) in [5.74, 6) is -0.679. The van der Waals surface area contributed by atoms with Crippen molar-refractivity contribution in [1.82, 2.24) is 10.1 Å². The van der Waals surface area contributed by atoms with Gasteiger partial charge in [-0.3, -0.25) is 14.9 Å². The van der Waals surface area contributed by atoms with E-state index in [4.69, 9.17) is 0 Å². The number of nitrogens with one attached hydrogen (secondary N) is 2. The van der Waals surface area contributed by atoms with E-state index in [1.807, 2.05) is 0 Å².